The number of rotatable bonds is 3. The fourth-order valence-corrected chi connectivity index (χ4v) is 3.02. The zero-order valence-corrected chi connectivity index (χ0v) is 13.8. The quantitative estimate of drug-likeness (QED) is 0.536. The first-order valence-corrected chi connectivity index (χ1v) is 7.63. The number of nitrogens with zero attached hydrogens (tertiary/aromatic N) is 2. The largest absolute Gasteiger partial charge is 0.506 e. The molecule has 1 aromatic carbocycles. The summed E-state index contributed by atoms with van der Waals surface area (Å²) in [7, 11) is 0. The highest BCUT2D eigenvalue weighted by Crippen LogP contribution is 2.35. The van der Waals surface area contributed by atoms with Crippen LogP contribution in [0.1, 0.15) is 11.1 Å². The Labute approximate surface area is 130 Å². The van der Waals surface area contributed by atoms with Crippen LogP contribution < -0.4 is 11.2 Å². The first-order valence-electron chi connectivity index (χ1n) is 5.16. The second kappa shape index (κ2) is 5.89. The van der Waals surface area contributed by atoms with Gasteiger partial charge in [0, 0.05) is 15.4 Å². The van der Waals surface area contributed by atoms with Crippen molar-refractivity contribution in [2.75, 3.05) is 11.2 Å². The third kappa shape index (κ3) is 3.26. The van der Waals surface area contributed by atoms with Crippen molar-refractivity contribution in [2.45, 2.75) is 6.92 Å². The van der Waals surface area contributed by atoms with E-state index in [4.69, 9.17) is 5.73 Å². The van der Waals surface area contributed by atoms with Crippen LogP contribution >= 0.6 is 43.2 Å². The van der Waals surface area contributed by atoms with Crippen LogP contribution in [0.3, 0.4) is 0 Å². The molecule has 2 rings (SSSR count). The first-order chi connectivity index (χ1) is 8.99. The number of halogens is 2. The topological polar surface area (TPSA) is 83.5 Å². The predicted molar refractivity (Wildman–Crippen MR) is 86.0 cm³/mol. The zero-order chi connectivity index (χ0) is 14.0. The minimum atomic E-state index is 0.143. The lowest BCUT2D eigenvalue weighted by molar-refractivity contribution is 0.470. The molecule has 0 spiro atoms. The summed E-state index contributed by atoms with van der Waals surface area (Å²) < 4.78 is 1.53. The van der Waals surface area contributed by atoms with Gasteiger partial charge in [-0.3, -0.25) is 5.43 Å². The SMILES string of the molecule is Cc1c(Br)cc(C=NNc2nc(N)cs2)c(O)c1Br. The molecular formula is C11H10Br2N4OS. The number of aromatic hydroxyl groups is 1. The van der Waals surface area contributed by atoms with Crippen LogP contribution in [0.15, 0.2) is 25.5 Å². The molecule has 0 atom stereocenters. The molecule has 0 saturated heterocycles. The van der Waals surface area contributed by atoms with Crippen molar-refractivity contribution in [3.63, 3.8) is 0 Å². The summed E-state index contributed by atoms with van der Waals surface area (Å²) in [4.78, 5) is 4.00. The monoisotopic (exact) mass is 404 g/mol. The summed E-state index contributed by atoms with van der Waals surface area (Å²) in [5.41, 5.74) is 9.76. The van der Waals surface area contributed by atoms with E-state index in [9.17, 15) is 5.11 Å². The molecule has 0 fully saturated rings. The number of thiazole rings is 1. The molecule has 0 aliphatic carbocycles. The molecule has 100 valence electrons. The van der Waals surface area contributed by atoms with Crippen molar-refractivity contribution >= 4 is 60.4 Å². The highest BCUT2D eigenvalue weighted by atomic mass is 79.9. The highest BCUT2D eigenvalue weighted by molar-refractivity contribution is 9.11. The summed E-state index contributed by atoms with van der Waals surface area (Å²) in [5.74, 6) is 0.594. The van der Waals surface area contributed by atoms with Gasteiger partial charge < -0.3 is 10.8 Å². The Bertz CT molecular complexity index is 642. The van der Waals surface area contributed by atoms with Crippen LogP contribution in [0, 0.1) is 6.92 Å². The van der Waals surface area contributed by atoms with E-state index in [0.29, 0.717) is 21.0 Å². The molecule has 5 nitrogen and oxygen atoms in total. The summed E-state index contributed by atoms with van der Waals surface area (Å²) in [6.07, 6.45) is 1.52. The standard InChI is InChI=1S/C11H10Br2N4OS/c1-5-7(12)2-6(10(18)9(5)13)3-15-17-11-16-8(14)4-19-11/h2-4,18H,14H2,1H3,(H,16,17). The fourth-order valence-electron chi connectivity index (χ4n) is 1.32. The molecule has 0 amide bonds. The van der Waals surface area contributed by atoms with E-state index < -0.39 is 0 Å². The van der Waals surface area contributed by atoms with Gasteiger partial charge >= 0.3 is 0 Å². The average Bonchev–Trinajstić information content (AvgIpc) is 2.79. The first kappa shape index (κ1) is 14.3. The van der Waals surface area contributed by atoms with E-state index in [2.05, 4.69) is 47.4 Å². The number of aromatic nitrogens is 1. The van der Waals surface area contributed by atoms with Crippen LogP contribution in [0.25, 0.3) is 0 Å². The Morgan fingerprint density at radius 1 is 1.53 bits per heavy atom. The Balaban J connectivity index is 2.19. The molecular weight excluding hydrogens is 396 g/mol. The van der Waals surface area contributed by atoms with Gasteiger partial charge in [0.05, 0.1) is 10.7 Å². The Hall–Kier alpha value is -1.12. The lowest BCUT2D eigenvalue weighted by atomic mass is 10.1. The maximum absolute atomic E-state index is 9.98. The van der Waals surface area contributed by atoms with Gasteiger partial charge in [-0.15, -0.1) is 11.3 Å². The van der Waals surface area contributed by atoms with E-state index in [1.54, 1.807) is 11.4 Å². The van der Waals surface area contributed by atoms with E-state index >= 15 is 0 Å². The molecule has 0 bridgehead atoms. The lowest BCUT2D eigenvalue weighted by Gasteiger charge is -2.07. The molecule has 4 N–H and O–H groups in total. The van der Waals surface area contributed by atoms with Crippen molar-refractivity contribution in [3.05, 3.63) is 31.5 Å². The number of hydrogen-bond acceptors (Lipinski definition) is 6. The molecule has 8 heteroatoms. The summed E-state index contributed by atoms with van der Waals surface area (Å²) in [5, 5.41) is 16.3. The molecule has 0 radical (unpaired) electrons. The van der Waals surface area contributed by atoms with E-state index in [-0.39, 0.29) is 5.75 Å². The van der Waals surface area contributed by atoms with Gasteiger partial charge in [0.15, 0.2) is 0 Å². The molecule has 19 heavy (non-hydrogen) atoms. The van der Waals surface area contributed by atoms with Gasteiger partial charge in [0.25, 0.3) is 0 Å². The van der Waals surface area contributed by atoms with Gasteiger partial charge in [0.1, 0.15) is 11.6 Å². The second-order valence-corrected chi connectivity index (χ2v) is 6.19. The number of hydrazone groups is 1. The third-order valence-electron chi connectivity index (χ3n) is 2.34. The molecule has 1 heterocycles. The molecule has 0 aliphatic rings. The fraction of sp³-hybridized carbons (Fsp3) is 0.0909. The number of benzene rings is 1. The zero-order valence-electron chi connectivity index (χ0n) is 9.82. The van der Waals surface area contributed by atoms with E-state index in [0.717, 1.165) is 10.0 Å². The van der Waals surface area contributed by atoms with Crippen molar-refractivity contribution in [1.29, 1.82) is 0 Å². The molecule has 0 unspecified atom stereocenters. The van der Waals surface area contributed by atoms with Gasteiger partial charge in [-0.25, -0.2) is 4.98 Å². The highest BCUT2D eigenvalue weighted by Gasteiger charge is 2.10. The maximum atomic E-state index is 9.98. The maximum Gasteiger partial charge on any atom is 0.205 e. The summed E-state index contributed by atoms with van der Waals surface area (Å²) in [6.45, 7) is 1.89. The van der Waals surface area contributed by atoms with Crippen LogP contribution in [0.5, 0.6) is 5.75 Å². The molecule has 0 saturated carbocycles. The number of phenolic OH excluding ortho intramolecular Hbond substituents is 1. The number of hydrogen-bond donors (Lipinski definition) is 3. The van der Waals surface area contributed by atoms with Crippen molar-refractivity contribution in [2.24, 2.45) is 5.10 Å². The van der Waals surface area contributed by atoms with E-state index in [1.807, 2.05) is 6.92 Å². The minimum Gasteiger partial charge on any atom is -0.506 e. The smallest absolute Gasteiger partial charge is 0.205 e. The summed E-state index contributed by atoms with van der Waals surface area (Å²) >= 11 is 8.11. The van der Waals surface area contributed by atoms with Crippen molar-refractivity contribution < 1.29 is 5.11 Å². The number of nitrogens with two attached hydrogens (primary N) is 1. The van der Waals surface area contributed by atoms with Crippen LogP contribution in [-0.2, 0) is 0 Å². The Morgan fingerprint density at radius 3 is 2.89 bits per heavy atom. The van der Waals surface area contributed by atoms with E-state index in [1.165, 1.54) is 17.6 Å². The third-order valence-corrected chi connectivity index (χ3v) is 4.90. The lowest BCUT2D eigenvalue weighted by Crippen LogP contribution is -1.93. The summed E-state index contributed by atoms with van der Waals surface area (Å²) in [6, 6.07) is 1.79. The van der Waals surface area contributed by atoms with Crippen molar-refractivity contribution in [3.8, 4) is 5.75 Å². The Kier molecular flexibility index (Phi) is 4.43. The number of nitrogen functional groups attached to an aromatic ring is 1. The predicted octanol–water partition coefficient (Wildman–Crippen LogP) is 3.71. The van der Waals surface area contributed by atoms with Gasteiger partial charge in [-0.05, 0) is 34.5 Å². The number of nitrogens with one attached hydrogen (secondary N) is 1. The second-order valence-electron chi connectivity index (χ2n) is 3.68. The Morgan fingerprint density at radius 2 is 2.26 bits per heavy atom. The van der Waals surface area contributed by atoms with Gasteiger partial charge in [0.2, 0.25) is 5.13 Å². The average molecular weight is 406 g/mol. The number of phenols is 1. The van der Waals surface area contributed by atoms with Crippen LogP contribution in [0.4, 0.5) is 10.9 Å². The minimum absolute atomic E-state index is 0.143. The van der Waals surface area contributed by atoms with Gasteiger partial charge in [-0.1, -0.05) is 15.9 Å². The number of anilines is 2. The molecule has 1 aromatic heterocycles. The normalized spacial score (nSPS) is 11.1. The van der Waals surface area contributed by atoms with Crippen molar-refractivity contribution in [1.82, 2.24) is 4.98 Å². The molecule has 2 aromatic rings. The molecule has 0 aliphatic heterocycles. The van der Waals surface area contributed by atoms with Gasteiger partial charge in [-0.2, -0.15) is 5.10 Å². The van der Waals surface area contributed by atoms with Crippen LogP contribution in [-0.4, -0.2) is 16.3 Å². The van der Waals surface area contributed by atoms with Crippen LogP contribution in [0.2, 0.25) is 0 Å².